The Kier molecular flexibility index (Phi) is 6.03. The Labute approximate surface area is 160 Å². The van der Waals surface area contributed by atoms with Crippen LogP contribution in [0.1, 0.15) is 39.0 Å². The standard InChI is InChI=1S/C17H16Cl3NO4/c1-7-14(17(23)24-4)8(2)21-15(7)16(22)9(3)25-13-6-11(19)10(18)5-12(13)20/h5-6,9,21H,1-4H3/t9-/m0/s1. The third kappa shape index (κ3) is 3.94. The van der Waals surface area contributed by atoms with Crippen molar-refractivity contribution in [3.63, 3.8) is 0 Å². The first-order valence-electron chi connectivity index (χ1n) is 7.30. The fourth-order valence-electron chi connectivity index (χ4n) is 2.45. The van der Waals surface area contributed by atoms with Crippen LogP contribution < -0.4 is 4.74 Å². The lowest BCUT2D eigenvalue weighted by molar-refractivity contribution is 0.0599. The largest absolute Gasteiger partial charge is 0.481 e. The van der Waals surface area contributed by atoms with Crippen LogP contribution in [0.25, 0.3) is 0 Å². The first kappa shape index (κ1) is 19.6. The van der Waals surface area contributed by atoms with Crippen LogP contribution in [-0.2, 0) is 4.74 Å². The first-order valence-corrected chi connectivity index (χ1v) is 8.43. The van der Waals surface area contributed by atoms with Gasteiger partial charge in [0.25, 0.3) is 0 Å². The summed E-state index contributed by atoms with van der Waals surface area (Å²) in [5.74, 6) is -0.602. The minimum atomic E-state index is -0.864. The fraction of sp³-hybridized carbons (Fsp3) is 0.294. The van der Waals surface area contributed by atoms with Crippen molar-refractivity contribution in [1.29, 1.82) is 0 Å². The molecule has 0 unspecified atom stereocenters. The van der Waals surface area contributed by atoms with E-state index in [1.165, 1.54) is 19.2 Å². The molecule has 0 aliphatic rings. The second-order valence-corrected chi connectivity index (χ2v) is 6.66. The molecule has 8 heteroatoms. The van der Waals surface area contributed by atoms with Gasteiger partial charge in [-0.3, -0.25) is 4.79 Å². The summed E-state index contributed by atoms with van der Waals surface area (Å²) in [6.45, 7) is 4.94. The van der Waals surface area contributed by atoms with Crippen LogP contribution in [0.5, 0.6) is 5.75 Å². The third-order valence-electron chi connectivity index (χ3n) is 3.72. The highest BCUT2D eigenvalue weighted by molar-refractivity contribution is 6.43. The number of halogens is 3. The number of aromatic amines is 1. The molecule has 1 aromatic heterocycles. The monoisotopic (exact) mass is 403 g/mol. The molecule has 0 spiro atoms. The number of aryl methyl sites for hydroxylation is 1. The van der Waals surface area contributed by atoms with Gasteiger partial charge in [-0.1, -0.05) is 34.8 Å². The number of nitrogens with one attached hydrogen (secondary N) is 1. The average molecular weight is 405 g/mol. The van der Waals surface area contributed by atoms with Gasteiger partial charge in [0, 0.05) is 11.8 Å². The smallest absolute Gasteiger partial charge is 0.339 e. The summed E-state index contributed by atoms with van der Waals surface area (Å²) in [5, 5.41) is 0.792. The van der Waals surface area contributed by atoms with Crippen LogP contribution in [0.15, 0.2) is 12.1 Å². The van der Waals surface area contributed by atoms with Gasteiger partial charge in [-0.2, -0.15) is 0 Å². The van der Waals surface area contributed by atoms with E-state index in [0.29, 0.717) is 16.8 Å². The molecule has 5 nitrogen and oxygen atoms in total. The Morgan fingerprint density at radius 2 is 1.68 bits per heavy atom. The van der Waals surface area contributed by atoms with E-state index in [1.807, 2.05) is 0 Å². The summed E-state index contributed by atoms with van der Waals surface area (Å²) < 4.78 is 10.4. The molecule has 0 aliphatic heterocycles. The van der Waals surface area contributed by atoms with E-state index in [2.05, 4.69) is 4.98 Å². The van der Waals surface area contributed by atoms with Gasteiger partial charge in [-0.05, 0) is 32.4 Å². The van der Waals surface area contributed by atoms with Gasteiger partial charge in [0.1, 0.15) is 5.75 Å². The van der Waals surface area contributed by atoms with E-state index in [1.54, 1.807) is 20.8 Å². The lowest BCUT2D eigenvalue weighted by Crippen LogP contribution is -2.25. The number of methoxy groups -OCH3 is 1. The van der Waals surface area contributed by atoms with E-state index < -0.39 is 12.1 Å². The number of Topliss-reactive ketones (excluding diaryl/α,β-unsaturated/α-hetero) is 1. The SMILES string of the molecule is COC(=O)c1c(C)[nH]c(C(=O)[C@H](C)Oc2cc(Cl)c(Cl)cc2Cl)c1C. The van der Waals surface area contributed by atoms with Crippen LogP contribution in [0.3, 0.4) is 0 Å². The second kappa shape index (κ2) is 7.68. The molecule has 25 heavy (non-hydrogen) atoms. The summed E-state index contributed by atoms with van der Waals surface area (Å²) in [6, 6.07) is 2.89. The number of ether oxygens (including phenoxy) is 2. The number of hydrogen-bond acceptors (Lipinski definition) is 4. The van der Waals surface area contributed by atoms with Gasteiger partial charge in [0.15, 0.2) is 6.10 Å². The van der Waals surface area contributed by atoms with Crippen molar-refractivity contribution in [2.24, 2.45) is 0 Å². The Hall–Kier alpha value is -1.69. The van der Waals surface area contributed by atoms with E-state index in [4.69, 9.17) is 44.3 Å². The average Bonchev–Trinajstić information content (AvgIpc) is 2.85. The van der Waals surface area contributed by atoms with E-state index in [9.17, 15) is 9.59 Å². The minimum Gasteiger partial charge on any atom is -0.481 e. The Morgan fingerprint density at radius 3 is 2.28 bits per heavy atom. The predicted octanol–water partition coefficient (Wildman–Crippen LogP) is 5.03. The number of benzene rings is 1. The number of H-pyrrole nitrogens is 1. The highest BCUT2D eigenvalue weighted by atomic mass is 35.5. The van der Waals surface area contributed by atoms with Gasteiger partial charge in [-0.15, -0.1) is 0 Å². The molecule has 134 valence electrons. The zero-order valence-electron chi connectivity index (χ0n) is 14.0. The number of esters is 1. The molecule has 2 aromatic rings. The molecule has 1 aromatic carbocycles. The summed E-state index contributed by atoms with van der Waals surface area (Å²) in [7, 11) is 1.29. The van der Waals surface area contributed by atoms with Gasteiger partial charge >= 0.3 is 5.97 Å². The Morgan fingerprint density at radius 1 is 1.08 bits per heavy atom. The molecule has 1 heterocycles. The van der Waals surface area contributed by atoms with Crippen molar-refractivity contribution in [3.05, 3.63) is 49.7 Å². The Balaban J connectivity index is 2.30. The van der Waals surface area contributed by atoms with Crippen molar-refractivity contribution in [1.82, 2.24) is 4.98 Å². The van der Waals surface area contributed by atoms with Crippen LogP contribution in [0.4, 0.5) is 0 Å². The summed E-state index contributed by atoms with van der Waals surface area (Å²) in [6.07, 6.45) is -0.864. The third-order valence-corrected chi connectivity index (χ3v) is 4.74. The molecule has 0 aliphatic carbocycles. The van der Waals surface area contributed by atoms with E-state index in [0.717, 1.165) is 0 Å². The molecule has 1 N–H and O–H groups in total. The summed E-state index contributed by atoms with van der Waals surface area (Å²) >= 11 is 17.9. The maximum absolute atomic E-state index is 12.7. The number of rotatable bonds is 5. The molecule has 0 amide bonds. The number of carbonyl (C=O) groups is 2. The second-order valence-electron chi connectivity index (χ2n) is 5.44. The summed E-state index contributed by atoms with van der Waals surface area (Å²) in [5.41, 5.74) is 1.67. The minimum absolute atomic E-state index is 0.240. The molecule has 0 fully saturated rings. The molecule has 0 saturated carbocycles. The van der Waals surface area contributed by atoms with Crippen LogP contribution in [0, 0.1) is 13.8 Å². The lowest BCUT2D eigenvalue weighted by atomic mass is 10.1. The van der Waals surface area contributed by atoms with Crippen molar-refractivity contribution >= 4 is 46.6 Å². The quantitative estimate of drug-likeness (QED) is 0.431. The zero-order valence-corrected chi connectivity index (χ0v) is 16.3. The summed E-state index contributed by atoms with van der Waals surface area (Å²) in [4.78, 5) is 27.5. The van der Waals surface area contributed by atoms with Crippen LogP contribution in [-0.4, -0.2) is 30.0 Å². The van der Waals surface area contributed by atoms with Crippen molar-refractivity contribution in [2.75, 3.05) is 7.11 Å². The fourth-order valence-corrected chi connectivity index (χ4v) is 3.03. The number of aromatic nitrogens is 1. The molecular weight excluding hydrogens is 389 g/mol. The highest BCUT2D eigenvalue weighted by Crippen LogP contribution is 2.34. The molecular formula is C17H16Cl3NO4. The van der Waals surface area contributed by atoms with Crippen molar-refractivity contribution in [3.8, 4) is 5.75 Å². The van der Waals surface area contributed by atoms with E-state index >= 15 is 0 Å². The number of hydrogen-bond donors (Lipinski definition) is 1. The lowest BCUT2D eigenvalue weighted by Gasteiger charge is -2.15. The molecule has 0 radical (unpaired) electrons. The van der Waals surface area contributed by atoms with E-state index in [-0.39, 0.29) is 32.3 Å². The zero-order chi connectivity index (χ0) is 18.9. The van der Waals surface area contributed by atoms with Gasteiger partial charge in [0.2, 0.25) is 5.78 Å². The number of carbonyl (C=O) groups excluding carboxylic acids is 2. The van der Waals surface area contributed by atoms with Crippen LogP contribution >= 0.6 is 34.8 Å². The molecule has 2 rings (SSSR count). The molecule has 0 bridgehead atoms. The van der Waals surface area contributed by atoms with Crippen molar-refractivity contribution < 1.29 is 19.1 Å². The maximum Gasteiger partial charge on any atom is 0.339 e. The van der Waals surface area contributed by atoms with Gasteiger partial charge < -0.3 is 14.5 Å². The van der Waals surface area contributed by atoms with Crippen LogP contribution in [0.2, 0.25) is 15.1 Å². The number of ketones is 1. The highest BCUT2D eigenvalue weighted by Gasteiger charge is 2.26. The first-order chi connectivity index (χ1) is 11.7. The molecule has 1 atom stereocenters. The topological polar surface area (TPSA) is 68.4 Å². The van der Waals surface area contributed by atoms with Gasteiger partial charge in [0.05, 0.1) is 33.4 Å². The normalized spacial score (nSPS) is 12.0. The Bertz CT molecular complexity index is 845. The molecule has 0 saturated heterocycles. The predicted molar refractivity (Wildman–Crippen MR) is 97.5 cm³/mol. The van der Waals surface area contributed by atoms with Gasteiger partial charge in [-0.25, -0.2) is 4.79 Å². The maximum atomic E-state index is 12.7. The van der Waals surface area contributed by atoms with Crippen molar-refractivity contribution in [2.45, 2.75) is 26.9 Å².